The summed E-state index contributed by atoms with van der Waals surface area (Å²) in [7, 11) is 0. The molecule has 0 saturated heterocycles. The Morgan fingerprint density at radius 3 is 2.92 bits per heavy atom. The quantitative estimate of drug-likeness (QED) is 0.728. The Kier molecular flexibility index (Phi) is 3.78. The van der Waals surface area contributed by atoms with E-state index in [1.807, 2.05) is 23.1 Å². The number of pyridine rings is 1. The van der Waals surface area contributed by atoms with E-state index in [2.05, 4.69) is 21.1 Å². The summed E-state index contributed by atoms with van der Waals surface area (Å²) in [5.41, 5.74) is 2.85. The van der Waals surface area contributed by atoms with Gasteiger partial charge in [0.05, 0.1) is 0 Å². The maximum absolute atomic E-state index is 13.1. The smallest absolute Gasteiger partial charge is 0.258 e. The summed E-state index contributed by atoms with van der Waals surface area (Å²) >= 11 is 0. The highest BCUT2D eigenvalue weighted by molar-refractivity contribution is 6.06. The molecule has 0 bridgehead atoms. The maximum atomic E-state index is 13.1. The van der Waals surface area contributed by atoms with Gasteiger partial charge in [-0.2, -0.15) is 5.10 Å². The van der Waals surface area contributed by atoms with E-state index in [1.165, 1.54) is 11.9 Å². The monoisotopic (exact) mass is 319 g/mol. The van der Waals surface area contributed by atoms with Crippen molar-refractivity contribution in [2.45, 2.75) is 19.3 Å². The van der Waals surface area contributed by atoms with Crippen molar-refractivity contribution >= 4 is 11.6 Å². The predicted octanol–water partition coefficient (Wildman–Crippen LogP) is 2.65. The van der Waals surface area contributed by atoms with Crippen LogP contribution in [-0.2, 0) is 6.42 Å². The number of aromatic nitrogens is 4. The van der Waals surface area contributed by atoms with E-state index in [0.717, 1.165) is 31.5 Å². The first-order chi connectivity index (χ1) is 11.8. The molecule has 120 valence electrons. The fraction of sp³-hybridized carbons (Fsp3) is 0.222. The van der Waals surface area contributed by atoms with E-state index in [4.69, 9.17) is 0 Å². The summed E-state index contributed by atoms with van der Waals surface area (Å²) in [6.45, 7) is 0.733. The van der Waals surface area contributed by atoms with Crippen LogP contribution in [0.25, 0.3) is 5.82 Å². The van der Waals surface area contributed by atoms with Gasteiger partial charge in [-0.05, 0) is 43.0 Å². The van der Waals surface area contributed by atoms with E-state index in [9.17, 15) is 4.79 Å². The zero-order valence-corrected chi connectivity index (χ0v) is 13.2. The predicted molar refractivity (Wildman–Crippen MR) is 90.2 cm³/mol. The van der Waals surface area contributed by atoms with Crippen LogP contribution in [0.15, 0.2) is 55.2 Å². The van der Waals surface area contributed by atoms with Crippen molar-refractivity contribution in [2.75, 3.05) is 11.4 Å². The Hall–Kier alpha value is -3.02. The van der Waals surface area contributed by atoms with Crippen molar-refractivity contribution in [2.24, 2.45) is 0 Å². The van der Waals surface area contributed by atoms with E-state index in [0.29, 0.717) is 11.4 Å². The van der Waals surface area contributed by atoms with Gasteiger partial charge in [0.2, 0.25) is 0 Å². The molecule has 4 rings (SSSR count). The Morgan fingerprint density at radius 1 is 1.12 bits per heavy atom. The molecule has 2 aromatic heterocycles. The number of benzene rings is 1. The lowest BCUT2D eigenvalue weighted by atomic mass is 10.1. The third-order valence-electron chi connectivity index (χ3n) is 4.25. The van der Waals surface area contributed by atoms with Gasteiger partial charge in [0.15, 0.2) is 5.82 Å². The molecule has 6 nitrogen and oxygen atoms in total. The average Bonchev–Trinajstić information content (AvgIpc) is 3.08. The second kappa shape index (κ2) is 6.23. The molecular weight excluding hydrogens is 302 g/mol. The minimum atomic E-state index is -0.00637. The van der Waals surface area contributed by atoms with E-state index in [-0.39, 0.29) is 5.91 Å². The van der Waals surface area contributed by atoms with Crippen LogP contribution < -0.4 is 4.90 Å². The minimum absolute atomic E-state index is 0.00637. The summed E-state index contributed by atoms with van der Waals surface area (Å²) in [4.78, 5) is 23.2. The second-order valence-corrected chi connectivity index (χ2v) is 5.79. The Labute approximate surface area is 139 Å². The SMILES string of the molecule is O=C(c1ccnc(-n2cncn2)c1)N1CCCCc2ccccc21. The molecule has 3 heterocycles. The lowest BCUT2D eigenvalue weighted by Gasteiger charge is -2.23. The molecule has 0 radical (unpaired) electrons. The van der Waals surface area contributed by atoms with Gasteiger partial charge < -0.3 is 4.90 Å². The molecule has 0 unspecified atom stereocenters. The molecule has 1 aliphatic rings. The van der Waals surface area contributed by atoms with Crippen LogP contribution in [0.2, 0.25) is 0 Å². The van der Waals surface area contributed by atoms with Crippen molar-refractivity contribution in [3.63, 3.8) is 0 Å². The third kappa shape index (κ3) is 2.67. The fourth-order valence-corrected chi connectivity index (χ4v) is 3.06. The van der Waals surface area contributed by atoms with Gasteiger partial charge in [-0.15, -0.1) is 0 Å². The molecule has 0 spiro atoms. The Morgan fingerprint density at radius 2 is 2.04 bits per heavy atom. The van der Waals surface area contributed by atoms with Crippen molar-refractivity contribution in [1.82, 2.24) is 19.7 Å². The first kappa shape index (κ1) is 14.6. The number of para-hydroxylation sites is 1. The normalized spacial score (nSPS) is 14.1. The van der Waals surface area contributed by atoms with E-state index >= 15 is 0 Å². The summed E-state index contributed by atoms with van der Waals surface area (Å²) in [6, 6.07) is 11.6. The van der Waals surface area contributed by atoms with Gasteiger partial charge in [-0.3, -0.25) is 4.79 Å². The largest absolute Gasteiger partial charge is 0.308 e. The van der Waals surface area contributed by atoms with Crippen LogP contribution in [0, 0.1) is 0 Å². The lowest BCUT2D eigenvalue weighted by Crippen LogP contribution is -2.31. The lowest BCUT2D eigenvalue weighted by molar-refractivity contribution is 0.0987. The Bertz CT molecular complexity index is 859. The third-order valence-corrected chi connectivity index (χ3v) is 4.25. The molecule has 0 saturated carbocycles. The number of hydrogen-bond acceptors (Lipinski definition) is 4. The number of hydrogen-bond donors (Lipinski definition) is 0. The highest BCUT2D eigenvalue weighted by atomic mass is 16.2. The number of rotatable bonds is 2. The molecule has 24 heavy (non-hydrogen) atoms. The molecule has 0 aliphatic carbocycles. The number of nitrogens with zero attached hydrogens (tertiary/aromatic N) is 5. The number of aryl methyl sites for hydroxylation is 1. The van der Waals surface area contributed by atoms with Crippen LogP contribution in [-0.4, -0.2) is 32.2 Å². The molecule has 1 amide bonds. The van der Waals surface area contributed by atoms with Crippen LogP contribution in [0.5, 0.6) is 0 Å². The molecule has 3 aromatic rings. The Balaban J connectivity index is 1.70. The number of carbonyl (C=O) groups excluding carboxylic acids is 1. The fourth-order valence-electron chi connectivity index (χ4n) is 3.06. The number of carbonyl (C=O) groups is 1. The highest BCUT2D eigenvalue weighted by Crippen LogP contribution is 2.27. The van der Waals surface area contributed by atoms with Crippen LogP contribution in [0.4, 0.5) is 5.69 Å². The zero-order chi connectivity index (χ0) is 16.4. The molecule has 0 N–H and O–H groups in total. The van der Waals surface area contributed by atoms with Crippen molar-refractivity contribution in [3.05, 3.63) is 66.4 Å². The first-order valence-electron chi connectivity index (χ1n) is 8.04. The number of fused-ring (bicyclic) bond motifs is 1. The van der Waals surface area contributed by atoms with Gasteiger partial charge in [0.1, 0.15) is 12.7 Å². The van der Waals surface area contributed by atoms with Gasteiger partial charge in [-0.1, -0.05) is 18.2 Å². The van der Waals surface area contributed by atoms with E-state index < -0.39 is 0 Å². The summed E-state index contributed by atoms with van der Waals surface area (Å²) in [5, 5.41) is 4.07. The van der Waals surface area contributed by atoms with Gasteiger partial charge in [0.25, 0.3) is 5.91 Å². The van der Waals surface area contributed by atoms with Crippen LogP contribution in [0.3, 0.4) is 0 Å². The van der Waals surface area contributed by atoms with Crippen molar-refractivity contribution < 1.29 is 4.79 Å². The molecule has 1 aliphatic heterocycles. The van der Waals surface area contributed by atoms with Crippen molar-refractivity contribution in [1.29, 1.82) is 0 Å². The zero-order valence-electron chi connectivity index (χ0n) is 13.2. The van der Waals surface area contributed by atoms with Gasteiger partial charge >= 0.3 is 0 Å². The summed E-state index contributed by atoms with van der Waals surface area (Å²) < 4.78 is 1.55. The molecular formula is C18H17N5O. The topological polar surface area (TPSA) is 63.9 Å². The minimum Gasteiger partial charge on any atom is -0.308 e. The van der Waals surface area contributed by atoms with Gasteiger partial charge in [0, 0.05) is 24.0 Å². The first-order valence-corrected chi connectivity index (χ1v) is 8.04. The standard InChI is InChI=1S/C18H17N5O/c24-18(15-8-9-20-17(11-15)23-13-19-12-21-23)22-10-4-3-6-14-5-1-2-7-16(14)22/h1-2,5,7-9,11-13H,3-4,6,10H2. The average molecular weight is 319 g/mol. The van der Waals surface area contributed by atoms with Crippen LogP contribution >= 0.6 is 0 Å². The number of amides is 1. The number of anilines is 1. The van der Waals surface area contributed by atoms with Crippen LogP contribution in [0.1, 0.15) is 28.8 Å². The molecule has 6 heteroatoms. The maximum Gasteiger partial charge on any atom is 0.258 e. The summed E-state index contributed by atoms with van der Waals surface area (Å²) in [6.07, 6.45) is 7.76. The van der Waals surface area contributed by atoms with Crippen molar-refractivity contribution in [3.8, 4) is 5.82 Å². The summed E-state index contributed by atoms with van der Waals surface area (Å²) in [5.74, 6) is 0.578. The highest BCUT2D eigenvalue weighted by Gasteiger charge is 2.22. The molecule has 0 atom stereocenters. The molecule has 1 aromatic carbocycles. The molecule has 0 fully saturated rings. The van der Waals surface area contributed by atoms with E-state index in [1.54, 1.807) is 29.3 Å². The second-order valence-electron chi connectivity index (χ2n) is 5.79. The van der Waals surface area contributed by atoms with Gasteiger partial charge in [-0.25, -0.2) is 14.6 Å².